The number of fused-ring (bicyclic) bond motifs is 5. The molecule has 0 atom stereocenters. The van der Waals surface area contributed by atoms with E-state index in [2.05, 4.69) is 94.9 Å². The molecule has 0 unspecified atom stereocenters. The van der Waals surface area contributed by atoms with Crippen LogP contribution in [0.15, 0.2) is 122 Å². The molecule has 8 rings (SSSR count). The van der Waals surface area contributed by atoms with Crippen LogP contribution in [0.3, 0.4) is 0 Å². The van der Waals surface area contributed by atoms with Gasteiger partial charge >= 0.3 is 0 Å². The summed E-state index contributed by atoms with van der Waals surface area (Å²) >= 11 is 1.67. The van der Waals surface area contributed by atoms with Crippen molar-refractivity contribution in [2.45, 2.75) is 0 Å². The van der Waals surface area contributed by atoms with Gasteiger partial charge < -0.3 is 0 Å². The molecule has 4 nitrogen and oxygen atoms in total. The van der Waals surface area contributed by atoms with Crippen LogP contribution in [0.1, 0.15) is 0 Å². The summed E-state index contributed by atoms with van der Waals surface area (Å²) in [6.45, 7) is 0. The molecule has 0 N–H and O–H groups in total. The fourth-order valence-corrected chi connectivity index (χ4v) is 6.26. The second kappa shape index (κ2) is 8.79. The standard InChI is InChI=1S/C34H20N4S/c1-2-8-26-25(7-1)24(23-13-17-31-30(20-23)38-34(39-31)29-9-3-4-18-35-29)14-15-27(26)28-16-12-22-11-10-21-6-5-19-36-32(21)33(22)37-28/h1-20H. The van der Waals surface area contributed by atoms with E-state index in [1.807, 2.05) is 36.7 Å². The number of hydrogen-bond acceptors (Lipinski definition) is 5. The van der Waals surface area contributed by atoms with Crippen LogP contribution < -0.4 is 0 Å². The lowest BCUT2D eigenvalue weighted by Crippen LogP contribution is -1.91. The molecule has 4 aromatic heterocycles. The molecular weight excluding hydrogens is 496 g/mol. The van der Waals surface area contributed by atoms with E-state index in [-0.39, 0.29) is 0 Å². The van der Waals surface area contributed by atoms with Gasteiger partial charge in [0, 0.05) is 28.7 Å². The number of nitrogens with zero attached hydrogens (tertiary/aromatic N) is 4. The van der Waals surface area contributed by atoms with Crippen molar-refractivity contribution in [3.05, 3.63) is 122 Å². The molecule has 5 heteroatoms. The average molecular weight is 517 g/mol. The van der Waals surface area contributed by atoms with E-state index in [0.29, 0.717) is 0 Å². The van der Waals surface area contributed by atoms with E-state index in [0.717, 1.165) is 59.5 Å². The van der Waals surface area contributed by atoms with Gasteiger partial charge in [0.25, 0.3) is 0 Å². The highest BCUT2D eigenvalue weighted by atomic mass is 32.1. The zero-order chi connectivity index (χ0) is 25.8. The third-order valence-electron chi connectivity index (χ3n) is 7.21. The fraction of sp³-hybridized carbons (Fsp3) is 0. The molecule has 0 bridgehead atoms. The molecule has 0 aliphatic heterocycles. The maximum absolute atomic E-state index is 5.12. The van der Waals surface area contributed by atoms with Crippen molar-refractivity contribution in [3.8, 4) is 33.1 Å². The largest absolute Gasteiger partial charge is 0.254 e. The maximum atomic E-state index is 5.12. The first kappa shape index (κ1) is 22.0. The highest BCUT2D eigenvalue weighted by Crippen LogP contribution is 2.38. The molecule has 0 amide bonds. The first-order chi connectivity index (χ1) is 19.3. The Bertz CT molecular complexity index is 2180. The lowest BCUT2D eigenvalue weighted by atomic mass is 9.93. The summed E-state index contributed by atoms with van der Waals surface area (Å²) < 4.78 is 1.15. The van der Waals surface area contributed by atoms with Gasteiger partial charge in [-0.15, -0.1) is 11.3 Å². The van der Waals surface area contributed by atoms with Gasteiger partial charge in [-0.05, 0) is 58.3 Å². The monoisotopic (exact) mass is 516 g/mol. The van der Waals surface area contributed by atoms with Crippen LogP contribution in [0.2, 0.25) is 0 Å². The molecule has 0 saturated carbocycles. The Morgan fingerprint density at radius 2 is 1.28 bits per heavy atom. The Hall–Kier alpha value is -5.00. The summed E-state index contributed by atoms with van der Waals surface area (Å²) in [7, 11) is 0. The minimum absolute atomic E-state index is 0.904. The van der Waals surface area contributed by atoms with Gasteiger partial charge in [-0.1, -0.05) is 72.8 Å². The summed E-state index contributed by atoms with van der Waals surface area (Å²) in [6, 6.07) is 38.0. The third-order valence-corrected chi connectivity index (χ3v) is 8.27. The molecule has 0 aliphatic rings. The van der Waals surface area contributed by atoms with Crippen molar-refractivity contribution in [1.29, 1.82) is 0 Å². The molecule has 0 spiro atoms. The minimum atomic E-state index is 0.904. The molecular formula is C34H20N4S. The number of hydrogen-bond donors (Lipinski definition) is 0. The van der Waals surface area contributed by atoms with Gasteiger partial charge in [0.2, 0.25) is 0 Å². The molecule has 8 aromatic rings. The van der Waals surface area contributed by atoms with Crippen LogP contribution >= 0.6 is 11.3 Å². The minimum Gasteiger partial charge on any atom is -0.254 e. The second-order valence-corrected chi connectivity index (χ2v) is 10.6. The topological polar surface area (TPSA) is 51.6 Å². The van der Waals surface area contributed by atoms with Gasteiger partial charge in [-0.2, -0.15) is 0 Å². The van der Waals surface area contributed by atoms with E-state index in [9.17, 15) is 0 Å². The zero-order valence-electron chi connectivity index (χ0n) is 20.7. The van der Waals surface area contributed by atoms with Crippen molar-refractivity contribution in [3.63, 3.8) is 0 Å². The highest BCUT2D eigenvalue weighted by Gasteiger charge is 2.14. The maximum Gasteiger partial charge on any atom is 0.143 e. The summed E-state index contributed by atoms with van der Waals surface area (Å²) in [6.07, 6.45) is 3.64. The SMILES string of the molecule is c1ccc(-c2nc3cc(-c4ccc(-c5ccc6ccc7cccnc7c6n5)c5ccccc45)ccc3s2)nc1. The number of thiazole rings is 1. The Labute approximate surface area is 228 Å². The van der Waals surface area contributed by atoms with Crippen molar-refractivity contribution < 1.29 is 0 Å². The number of pyridine rings is 3. The first-order valence-corrected chi connectivity index (χ1v) is 13.6. The van der Waals surface area contributed by atoms with Crippen LogP contribution in [0.25, 0.3) is 75.9 Å². The quantitative estimate of drug-likeness (QED) is 0.220. The van der Waals surface area contributed by atoms with E-state index < -0.39 is 0 Å². The van der Waals surface area contributed by atoms with Crippen LogP contribution in [0, 0.1) is 0 Å². The van der Waals surface area contributed by atoms with Crippen molar-refractivity contribution in [2.75, 3.05) is 0 Å². The molecule has 0 aliphatic carbocycles. The van der Waals surface area contributed by atoms with Crippen molar-refractivity contribution in [1.82, 2.24) is 19.9 Å². The van der Waals surface area contributed by atoms with Crippen LogP contribution in [0.5, 0.6) is 0 Å². The van der Waals surface area contributed by atoms with Crippen LogP contribution in [-0.4, -0.2) is 19.9 Å². The Balaban J connectivity index is 1.28. The van der Waals surface area contributed by atoms with Gasteiger partial charge in [0.15, 0.2) is 0 Å². The predicted molar refractivity (Wildman–Crippen MR) is 162 cm³/mol. The summed E-state index contributed by atoms with van der Waals surface area (Å²) in [5.74, 6) is 0. The highest BCUT2D eigenvalue weighted by molar-refractivity contribution is 7.21. The smallest absolute Gasteiger partial charge is 0.143 e. The van der Waals surface area contributed by atoms with Crippen LogP contribution in [0.4, 0.5) is 0 Å². The summed E-state index contributed by atoms with van der Waals surface area (Å²) in [5, 5.41) is 5.48. The van der Waals surface area contributed by atoms with E-state index in [4.69, 9.17) is 9.97 Å². The van der Waals surface area contributed by atoms with Crippen molar-refractivity contribution >= 4 is 54.1 Å². The average Bonchev–Trinajstić information content (AvgIpc) is 3.44. The summed E-state index contributed by atoms with van der Waals surface area (Å²) in [4.78, 5) is 19.1. The third kappa shape index (κ3) is 3.67. The summed E-state index contributed by atoms with van der Waals surface area (Å²) in [5.41, 5.74) is 8.12. The Morgan fingerprint density at radius 1 is 0.513 bits per heavy atom. The second-order valence-electron chi connectivity index (χ2n) is 9.53. The fourth-order valence-electron chi connectivity index (χ4n) is 5.34. The van der Waals surface area contributed by atoms with Crippen molar-refractivity contribution in [2.24, 2.45) is 0 Å². The Kier molecular flexibility index (Phi) is 4.96. The van der Waals surface area contributed by atoms with Gasteiger partial charge in [-0.25, -0.2) is 9.97 Å². The van der Waals surface area contributed by atoms with Gasteiger partial charge in [0.1, 0.15) is 5.01 Å². The van der Waals surface area contributed by atoms with E-state index in [1.165, 1.54) is 16.3 Å². The number of aromatic nitrogens is 4. The molecule has 0 fully saturated rings. The van der Waals surface area contributed by atoms with Crippen LogP contribution in [-0.2, 0) is 0 Å². The van der Waals surface area contributed by atoms with E-state index >= 15 is 0 Å². The molecule has 0 radical (unpaired) electrons. The van der Waals surface area contributed by atoms with Gasteiger partial charge in [-0.3, -0.25) is 9.97 Å². The van der Waals surface area contributed by atoms with Gasteiger partial charge in [0.05, 0.1) is 32.6 Å². The normalized spacial score (nSPS) is 11.6. The zero-order valence-corrected chi connectivity index (χ0v) is 21.6. The molecule has 182 valence electrons. The molecule has 0 saturated heterocycles. The lowest BCUT2D eigenvalue weighted by molar-refractivity contribution is 1.31. The molecule has 39 heavy (non-hydrogen) atoms. The first-order valence-electron chi connectivity index (χ1n) is 12.8. The number of rotatable bonds is 3. The predicted octanol–water partition coefficient (Wildman–Crippen LogP) is 8.94. The lowest BCUT2D eigenvalue weighted by Gasteiger charge is -2.12. The molecule has 4 heterocycles. The van der Waals surface area contributed by atoms with E-state index in [1.54, 1.807) is 11.3 Å². The Morgan fingerprint density at radius 3 is 2.15 bits per heavy atom. The molecule has 4 aromatic carbocycles. The number of benzene rings is 4.